The van der Waals surface area contributed by atoms with Crippen LogP contribution in [0.4, 0.5) is 19.0 Å². The molecule has 5 rings (SSSR count). The average Bonchev–Trinajstić information content (AvgIpc) is 3.48. The van der Waals surface area contributed by atoms with Gasteiger partial charge in [0.05, 0.1) is 11.4 Å². The lowest BCUT2D eigenvalue weighted by molar-refractivity contribution is -0.141. The van der Waals surface area contributed by atoms with Crippen LogP contribution in [0.5, 0.6) is 0 Å². The largest absolute Gasteiger partial charge is 0.433 e. The van der Waals surface area contributed by atoms with E-state index < -0.39 is 11.9 Å². The average molecular weight is 444 g/mol. The molecule has 5 heterocycles. The number of piperidine rings is 1. The van der Waals surface area contributed by atoms with Gasteiger partial charge in [0, 0.05) is 26.2 Å². The standard InChI is InChI=1S/C22H23F3N6O/c23-22(24,25)17-7-3-6-15(26-17)19-27-16-8-9-18(28-20(16)29-19)31-12-4-5-14(13-31)21(32)30-10-1-2-11-30/h3,6-9,14H,1-2,4-5,10-13H2,(H,27,28,29). The van der Waals surface area contributed by atoms with Crippen LogP contribution in [0.25, 0.3) is 22.7 Å². The Hall–Kier alpha value is -3.17. The van der Waals surface area contributed by atoms with E-state index >= 15 is 0 Å². The minimum absolute atomic E-state index is 0.0385. The van der Waals surface area contributed by atoms with Gasteiger partial charge < -0.3 is 14.8 Å². The number of pyridine rings is 2. The van der Waals surface area contributed by atoms with Gasteiger partial charge in [-0.3, -0.25) is 4.79 Å². The molecule has 7 nitrogen and oxygen atoms in total. The van der Waals surface area contributed by atoms with Gasteiger partial charge in [0.25, 0.3) is 0 Å². The number of H-pyrrole nitrogens is 1. The van der Waals surface area contributed by atoms with Crippen molar-refractivity contribution in [3.63, 3.8) is 0 Å². The molecular weight excluding hydrogens is 421 g/mol. The number of anilines is 1. The Morgan fingerprint density at radius 1 is 1.00 bits per heavy atom. The van der Waals surface area contributed by atoms with Crippen molar-refractivity contribution in [3.05, 3.63) is 36.0 Å². The fourth-order valence-corrected chi connectivity index (χ4v) is 4.49. The molecule has 3 aromatic rings. The summed E-state index contributed by atoms with van der Waals surface area (Å²) in [4.78, 5) is 32.6. The summed E-state index contributed by atoms with van der Waals surface area (Å²) in [6.07, 6.45) is -0.595. The second kappa shape index (κ2) is 8.07. The van der Waals surface area contributed by atoms with Gasteiger partial charge in [0.15, 0.2) is 11.5 Å². The number of nitrogens with zero attached hydrogens (tertiary/aromatic N) is 5. The zero-order valence-corrected chi connectivity index (χ0v) is 17.4. The minimum Gasteiger partial charge on any atom is -0.356 e. The minimum atomic E-state index is -4.52. The van der Waals surface area contributed by atoms with Crippen LogP contribution in [0.1, 0.15) is 31.4 Å². The van der Waals surface area contributed by atoms with Crippen LogP contribution in [-0.2, 0) is 11.0 Å². The first-order valence-corrected chi connectivity index (χ1v) is 10.8. The molecule has 0 aliphatic carbocycles. The van der Waals surface area contributed by atoms with E-state index in [0.29, 0.717) is 23.5 Å². The molecule has 0 saturated carbocycles. The van der Waals surface area contributed by atoms with E-state index in [1.54, 1.807) is 0 Å². The number of fused-ring (bicyclic) bond motifs is 1. The molecule has 0 spiro atoms. The Kier molecular flexibility index (Phi) is 5.22. The van der Waals surface area contributed by atoms with E-state index in [1.165, 1.54) is 12.1 Å². The zero-order valence-electron chi connectivity index (χ0n) is 17.4. The summed E-state index contributed by atoms with van der Waals surface area (Å²) in [6.45, 7) is 3.10. The number of aromatic nitrogens is 4. The Balaban J connectivity index is 1.38. The summed E-state index contributed by atoms with van der Waals surface area (Å²) >= 11 is 0. The predicted octanol–water partition coefficient (Wildman–Crippen LogP) is 3.88. The van der Waals surface area contributed by atoms with Crippen LogP contribution in [0.2, 0.25) is 0 Å². The number of hydrogen-bond donors (Lipinski definition) is 1. The molecule has 1 atom stereocenters. The Labute approximate surface area is 182 Å². The monoisotopic (exact) mass is 444 g/mol. The summed E-state index contributed by atoms with van der Waals surface area (Å²) in [7, 11) is 0. The number of carbonyl (C=O) groups excluding carboxylic acids is 1. The third-order valence-corrected chi connectivity index (χ3v) is 6.13. The van der Waals surface area contributed by atoms with Crippen LogP contribution in [-0.4, -0.2) is 56.9 Å². The highest BCUT2D eigenvalue weighted by atomic mass is 19.4. The van der Waals surface area contributed by atoms with Gasteiger partial charge >= 0.3 is 6.18 Å². The number of aromatic amines is 1. The lowest BCUT2D eigenvalue weighted by atomic mass is 9.96. The molecule has 3 aromatic heterocycles. The van der Waals surface area contributed by atoms with E-state index in [1.807, 2.05) is 17.0 Å². The van der Waals surface area contributed by atoms with Gasteiger partial charge in [-0.1, -0.05) is 6.07 Å². The molecule has 2 aliphatic heterocycles. The Morgan fingerprint density at radius 2 is 1.81 bits per heavy atom. The molecule has 168 valence electrons. The van der Waals surface area contributed by atoms with Crippen LogP contribution >= 0.6 is 0 Å². The highest BCUT2D eigenvalue weighted by Gasteiger charge is 2.33. The molecule has 1 N–H and O–H groups in total. The molecule has 2 fully saturated rings. The third kappa shape index (κ3) is 4.01. The van der Waals surface area contributed by atoms with Crippen molar-refractivity contribution in [2.75, 3.05) is 31.1 Å². The van der Waals surface area contributed by atoms with Crippen molar-refractivity contribution in [2.24, 2.45) is 5.92 Å². The fraction of sp³-hybridized carbons (Fsp3) is 0.455. The maximum atomic E-state index is 13.0. The molecule has 0 radical (unpaired) electrons. The van der Waals surface area contributed by atoms with Crippen LogP contribution in [0.15, 0.2) is 30.3 Å². The molecule has 2 saturated heterocycles. The number of imidazole rings is 1. The first-order valence-electron chi connectivity index (χ1n) is 10.8. The molecule has 0 bridgehead atoms. The highest BCUT2D eigenvalue weighted by molar-refractivity contribution is 5.80. The second-order valence-electron chi connectivity index (χ2n) is 8.35. The summed E-state index contributed by atoms with van der Waals surface area (Å²) in [5.74, 6) is 1.14. The lowest BCUT2D eigenvalue weighted by Crippen LogP contribution is -2.44. The summed E-state index contributed by atoms with van der Waals surface area (Å²) in [5.41, 5.74) is 0.161. The first kappa shape index (κ1) is 20.7. The normalized spacial score (nSPS) is 19.7. The van der Waals surface area contributed by atoms with Gasteiger partial charge in [0.2, 0.25) is 5.91 Å². The van der Waals surface area contributed by atoms with Crippen LogP contribution in [0, 0.1) is 5.92 Å². The first-order chi connectivity index (χ1) is 15.4. The number of alkyl halides is 3. The SMILES string of the molecule is O=C(C1CCCN(c2ccc3[nH]c(-c4cccc(C(F)(F)F)n4)nc3n2)C1)N1CCCC1. The topological polar surface area (TPSA) is 78.0 Å². The third-order valence-electron chi connectivity index (χ3n) is 6.13. The number of amides is 1. The second-order valence-corrected chi connectivity index (χ2v) is 8.35. The molecule has 2 aliphatic rings. The van der Waals surface area contributed by atoms with Crippen LogP contribution < -0.4 is 4.90 Å². The molecule has 32 heavy (non-hydrogen) atoms. The van der Waals surface area contributed by atoms with Crippen molar-refractivity contribution in [3.8, 4) is 11.5 Å². The smallest absolute Gasteiger partial charge is 0.356 e. The maximum Gasteiger partial charge on any atom is 0.433 e. The van der Waals surface area contributed by atoms with E-state index in [2.05, 4.69) is 24.8 Å². The van der Waals surface area contributed by atoms with Gasteiger partial charge in [0.1, 0.15) is 17.2 Å². The van der Waals surface area contributed by atoms with E-state index in [9.17, 15) is 18.0 Å². The lowest BCUT2D eigenvalue weighted by Gasteiger charge is -2.34. The summed E-state index contributed by atoms with van der Waals surface area (Å²) in [6, 6.07) is 7.38. The summed E-state index contributed by atoms with van der Waals surface area (Å²) < 4.78 is 39.0. The van der Waals surface area contributed by atoms with Gasteiger partial charge in [-0.05, 0) is 49.9 Å². The van der Waals surface area contributed by atoms with Gasteiger partial charge in [-0.15, -0.1) is 0 Å². The van der Waals surface area contributed by atoms with E-state index in [0.717, 1.165) is 51.4 Å². The number of carbonyl (C=O) groups is 1. The number of nitrogens with one attached hydrogen (secondary N) is 1. The predicted molar refractivity (Wildman–Crippen MR) is 113 cm³/mol. The number of halogens is 3. The zero-order chi connectivity index (χ0) is 22.3. The van der Waals surface area contributed by atoms with E-state index in [4.69, 9.17) is 0 Å². The van der Waals surface area contributed by atoms with Gasteiger partial charge in [-0.2, -0.15) is 13.2 Å². The fourth-order valence-electron chi connectivity index (χ4n) is 4.49. The Bertz CT molecular complexity index is 1140. The maximum absolute atomic E-state index is 13.0. The number of likely N-dealkylation sites (tertiary alicyclic amines) is 1. The van der Waals surface area contributed by atoms with Crippen molar-refractivity contribution >= 4 is 22.9 Å². The van der Waals surface area contributed by atoms with Crippen molar-refractivity contribution in [1.82, 2.24) is 24.8 Å². The molecule has 1 amide bonds. The number of hydrogen-bond acceptors (Lipinski definition) is 5. The number of rotatable bonds is 3. The van der Waals surface area contributed by atoms with E-state index in [-0.39, 0.29) is 23.3 Å². The summed E-state index contributed by atoms with van der Waals surface area (Å²) in [5, 5.41) is 0. The van der Waals surface area contributed by atoms with Crippen molar-refractivity contribution in [1.29, 1.82) is 0 Å². The molecular formula is C22H23F3N6O. The molecule has 10 heteroatoms. The van der Waals surface area contributed by atoms with Crippen LogP contribution in [0.3, 0.4) is 0 Å². The molecule has 0 aromatic carbocycles. The van der Waals surface area contributed by atoms with Crippen molar-refractivity contribution in [2.45, 2.75) is 31.9 Å². The quantitative estimate of drug-likeness (QED) is 0.664. The van der Waals surface area contributed by atoms with Gasteiger partial charge in [-0.25, -0.2) is 15.0 Å². The molecule has 1 unspecified atom stereocenters. The van der Waals surface area contributed by atoms with Crippen molar-refractivity contribution < 1.29 is 18.0 Å². The Morgan fingerprint density at radius 3 is 2.59 bits per heavy atom. The highest BCUT2D eigenvalue weighted by Crippen LogP contribution is 2.30.